The van der Waals surface area contributed by atoms with Crippen LogP contribution in [0.15, 0.2) is 63.8 Å². The van der Waals surface area contributed by atoms with Crippen molar-refractivity contribution >= 4 is 46.4 Å². The maximum absolute atomic E-state index is 12.6. The van der Waals surface area contributed by atoms with E-state index in [4.69, 9.17) is 33.3 Å². The largest absolute Gasteiger partial charge is 0.423 e. The monoisotopic (exact) mass is 482 g/mol. The number of carbonyl (C=O) groups is 1. The van der Waals surface area contributed by atoms with E-state index in [0.717, 1.165) is 36.2 Å². The van der Waals surface area contributed by atoms with Gasteiger partial charge < -0.3 is 9.73 Å². The topological polar surface area (TPSA) is 82.1 Å². The molecule has 0 bridgehead atoms. The lowest BCUT2D eigenvalue weighted by atomic mass is 10.2. The van der Waals surface area contributed by atoms with Gasteiger partial charge in [0, 0.05) is 40.7 Å². The summed E-state index contributed by atoms with van der Waals surface area (Å²) >= 11 is 11.7. The molecule has 0 unspecified atom stereocenters. The molecular weight excluding hydrogens is 460 g/mol. The molecular formula is C24H23ClN4O3S. The second kappa shape index (κ2) is 10.1. The van der Waals surface area contributed by atoms with Crippen LogP contribution in [0, 0.1) is 4.77 Å². The lowest BCUT2D eigenvalue weighted by molar-refractivity contribution is -0.116. The number of aryl methyl sites for hydroxylation is 1. The zero-order valence-corrected chi connectivity index (χ0v) is 19.7. The summed E-state index contributed by atoms with van der Waals surface area (Å²) in [5, 5.41) is 8.97. The normalized spacial score (nSPS) is 11.1. The highest BCUT2D eigenvalue weighted by atomic mass is 35.5. The third-order valence-electron chi connectivity index (χ3n) is 5.21. The lowest BCUT2D eigenvalue weighted by Crippen LogP contribution is -2.15. The molecule has 9 heteroatoms. The van der Waals surface area contributed by atoms with Gasteiger partial charge in [-0.1, -0.05) is 24.9 Å². The molecule has 1 N–H and O–H groups in total. The number of aromatic nitrogens is 3. The molecule has 170 valence electrons. The first-order valence-corrected chi connectivity index (χ1v) is 11.5. The molecule has 7 nitrogen and oxygen atoms in total. The van der Waals surface area contributed by atoms with Gasteiger partial charge in [0.15, 0.2) is 10.6 Å². The quantitative estimate of drug-likeness (QED) is 0.258. The highest BCUT2D eigenvalue weighted by molar-refractivity contribution is 7.71. The average Bonchev–Trinajstić information content (AvgIpc) is 3.12. The summed E-state index contributed by atoms with van der Waals surface area (Å²) in [6.45, 7) is 3.24. The van der Waals surface area contributed by atoms with Crippen LogP contribution in [0.4, 0.5) is 5.69 Å². The van der Waals surface area contributed by atoms with E-state index >= 15 is 0 Å². The minimum absolute atomic E-state index is 0.162. The van der Waals surface area contributed by atoms with Crippen LogP contribution in [0.3, 0.4) is 0 Å². The average molecular weight is 483 g/mol. The number of hydrogen-bond donors (Lipinski definition) is 1. The first-order chi connectivity index (χ1) is 15.9. The van der Waals surface area contributed by atoms with Crippen LogP contribution in [-0.4, -0.2) is 20.3 Å². The van der Waals surface area contributed by atoms with Crippen LogP contribution in [0.1, 0.15) is 26.2 Å². The standard InChI is InChI=1S/C24H23ClN4O3S/c1-2-3-13-28-23(16-4-7-18(25)8-5-16)27-29(24(28)33)14-12-21(30)26-19-9-10-20-17(15-19)6-11-22(31)32-20/h4-11,15H,2-3,12-14H2,1H3,(H,26,30). The number of fused-ring (bicyclic) bond motifs is 1. The van der Waals surface area contributed by atoms with Crippen LogP contribution in [0.2, 0.25) is 5.02 Å². The molecule has 0 saturated carbocycles. The summed E-state index contributed by atoms with van der Waals surface area (Å²) in [6.07, 6.45) is 2.22. The van der Waals surface area contributed by atoms with Crippen molar-refractivity contribution in [2.75, 3.05) is 5.32 Å². The Labute approximate surface area is 200 Å². The number of nitrogens with zero attached hydrogens (tertiary/aromatic N) is 3. The van der Waals surface area contributed by atoms with E-state index < -0.39 is 5.63 Å². The van der Waals surface area contributed by atoms with Gasteiger partial charge in [0.05, 0.1) is 6.54 Å². The fourth-order valence-electron chi connectivity index (χ4n) is 3.50. The molecule has 0 fully saturated rings. The number of nitrogens with one attached hydrogen (secondary N) is 1. The molecule has 0 spiro atoms. The molecule has 33 heavy (non-hydrogen) atoms. The maximum Gasteiger partial charge on any atom is 0.336 e. The fourth-order valence-corrected chi connectivity index (χ4v) is 3.93. The van der Waals surface area contributed by atoms with Crippen molar-refractivity contribution in [2.45, 2.75) is 39.3 Å². The number of anilines is 1. The van der Waals surface area contributed by atoms with E-state index in [1.807, 2.05) is 28.8 Å². The molecule has 0 aliphatic rings. The Balaban J connectivity index is 1.49. The van der Waals surface area contributed by atoms with Gasteiger partial charge in [-0.3, -0.25) is 9.36 Å². The third kappa shape index (κ3) is 5.40. The van der Waals surface area contributed by atoms with Crippen molar-refractivity contribution in [2.24, 2.45) is 0 Å². The molecule has 1 amide bonds. The van der Waals surface area contributed by atoms with Crippen LogP contribution >= 0.6 is 23.8 Å². The number of amides is 1. The second-order valence-corrected chi connectivity index (χ2v) is 8.45. The molecule has 0 aliphatic carbocycles. The van der Waals surface area contributed by atoms with Gasteiger partial charge in [0.2, 0.25) is 5.91 Å². The van der Waals surface area contributed by atoms with Gasteiger partial charge in [0.25, 0.3) is 0 Å². The molecule has 2 aromatic carbocycles. The van der Waals surface area contributed by atoms with Crippen LogP contribution in [0.25, 0.3) is 22.4 Å². The summed E-state index contributed by atoms with van der Waals surface area (Å²) in [4.78, 5) is 23.9. The SMILES string of the molecule is CCCCn1c(-c2ccc(Cl)cc2)nn(CCC(=O)Nc2ccc3oc(=O)ccc3c2)c1=S. The summed E-state index contributed by atoms with van der Waals surface area (Å²) < 4.78 is 9.42. The maximum atomic E-state index is 12.6. The van der Waals surface area contributed by atoms with E-state index in [9.17, 15) is 9.59 Å². The Bertz CT molecular complexity index is 1410. The van der Waals surface area contributed by atoms with E-state index in [1.54, 1.807) is 28.9 Å². The Kier molecular flexibility index (Phi) is 7.05. The summed E-state index contributed by atoms with van der Waals surface area (Å²) in [5.41, 5.74) is 1.61. The van der Waals surface area contributed by atoms with E-state index in [0.29, 0.717) is 27.6 Å². The molecule has 0 atom stereocenters. The number of halogens is 1. The van der Waals surface area contributed by atoms with Gasteiger partial charge in [-0.15, -0.1) is 0 Å². The van der Waals surface area contributed by atoms with E-state index in [-0.39, 0.29) is 12.3 Å². The zero-order chi connectivity index (χ0) is 23.4. The van der Waals surface area contributed by atoms with E-state index in [1.165, 1.54) is 6.07 Å². The van der Waals surface area contributed by atoms with E-state index in [2.05, 4.69) is 12.2 Å². The Morgan fingerprint density at radius 3 is 2.67 bits per heavy atom. The lowest BCUT2D eigenvalue weighted by Gasteiger charge is -2.06. The number of rotatable bonds is 8. The minimum atomic E-state index is -0.410. The van der Waals surface area contributed by atoms with Gasteiger partial charge >= 0.3 is 5.63 Å². The van der Waals surface area contributed by atoms with Crippen molar-refractivity contribution in [3.63, 3.8) is 0 Å². The van der Waals surface area contributed by atoms with Crippen molar-refractivity contribution in [1.82, 2.24) is 14.3 Å². The number of carbonyl (C=O) groups excluding carboxylic acids is 1. The summed E-state index contributed by atoms with van der Waals surface area (Å²) in [6, 6.07) is 15.6. The Hall–Kier alpha value is -3.23. The van der Waals surface area contributed by atoms with Crippen molar-refractivity contribution in [1.29, 1.82) is 0 Å². The summed E-state index contributed by atoms with van der Waals surface area (Å²) in [7, 11) is 0. The predicted molar refractivity (Wildman–Crippen MR) is 132 cm³/mol. The third-order valence-corrected chi connectivity index (χ3v) is 5.90. The van der Waals surface area contributed by atoms with Gasteiger partial charge in [-0.05, 0) is 67.2 Å². The Morgan fingerprint density at radius 2 is 1.91 bits per heavy atom. The van der Waals surface area contributed by atoms with Gasteiger partial charge in [-0.2, -0.15) is 5.10 Å². The fraction of sp³-hybridized carbons (Fsp3) is 0.250. The molecule has 2 heterocycles. The molecule has 2 aromatic heterocycles. The van der Waals surface area contributed by atoms with Gasteiger partial charge in [0.1, 0.15) is 5.58 Å². The minimum Gasteiger partial charge on any atom is -0.423 e. The smallest absolute Gasteiger partial charge is 0.336 e. The first-order valence-electron chi connectivity index (χ1n) is 10.7. The van der Waals surface area contributed by atoms with Crippen molar-refractivity contribution < 1.29 is 9.21 Å². The molecule has 0 radical (unpaired) electrons. The van der Waals surface area contributed by atoms with Crippen molar-refractivity contribution in [3.05, 3.63) is 74.8 Å². The predicted octanol–water partition coefficient (Wildman–Crippen LogP) is 5.67. The highest BCUT2D eigenvalue weighted by Gasteiger charge is 2.14. The molecule has 4 aromatic rings. The van der Waals surface area contributed by atoms with Crippen LogP contribution in [-0.2, 0) is 17.9 Å². The molecule has 0 saturated heterocycles. The number of hydrogen-bond acceptors (Lipinski definition) is 5. The van der Waals surface area contributed by atoms with Crippen molar-refractivity contribution in [3.8, 4) is 11.4 Å². The van der Waals surface area contributed by atoms with Gasteiger partial charge in [-0.25, -0.2) is 9.48 Å². The molecule has 4 rings (SSSR count). The zero-order valence-electron chi connectivity index (χ0n) is 18.1. The van der Waals surface area contributed by atoms with Crippen LogP contribution in [0.5, 0.6) is 0 Å². The molecule has 0 aliphatic heterocycles. The number of unbranched alkanes of at least 4 members (excludes halogenated alkanes) is 1. The second-order valence-electron chi connectivity index (χ2n) is 7.65. The number of benzene rings is 2. The first kappa shape index (κ1) is 22.9. The Morgan fingerprint density at radius 1 is 1.12 bits per heavy atom. The summed E-state index contributed by atoms with van der Waals surface area (Å²) in [5.74, 6) is 0.603. The highest BCUT2D eigenvalue weighted by Crippen LogP contribution is 2.22. The van der Waals surface area contributed by atoms with Crippen LogP contribution < -0.4 is 10.9 Å².